The molecule has 0 bridgehead atoms. The summed E-state index contributed by atoms with van der Waals surface area (Å²) in [4.78, 5) is 11.1. The molecule has 0 heterocycles. The van der Waals surface area contributed by atoms with Gasteiger partial charge in [-0.05, 0) is 5.56 Å². The molecule has 1 rings (SSSR count). The third-order valence-corrected chi connectivity index (χ3v) is 1.92. The fourth-order valence-corrected chi connectivity index (χ4v) is 1.17. The molecule has 0 aliphatic heterocycles. The van der Waals surface area contributed by atoms with Gasteiger partial charge in [-0.2, -0.15) is 5.48 Å². The molecule has 0 unspecified atom stereocenters. The fourth-order valence-electron chi connectivity index (χ4n) is 1.17. The second-order valence-electron chi connectivity index (χ2n) is 2.89. The first-order chi connectivity index (χ1) is 6.77. The largest absolute Gasteiger partial charge is 0.468 e. The number of nitrogens with one attached hydrogen (secondary N) is 1. The molecule has 2 N–H and O–H groups in total. The highest BCUT2D eigenvalue weighted by atomic mass is 16.5. The summed E-state index contributed by atoms with van der Waals surface area (Å²) in [6.45, 7) is 0. The van der Waals surface area contributed by atoms with E-state index in [2.05, 4.69) is 4.74 Å². The van der Waals surface area contributed by atoms with Gasteiger partial charge in [0, 0.05) is 6.42 Å². The Morgan fingerprint density at radius 3 is 2.64 bits per heavy atom. The van der Waals surface area contributed by atoms with Crippen LogP contribution in [-0.2, 0) is 16.0 Å². The van der Waals surface area contributed by atoms with Gasteiger partial charge in [0.05, 0.1) is 7.11 Å². The minimum atomic E-state index is -0.706. The maximum Gasteiger partial charge on any atom is 0.325 e. The van der Waals surface area contributed by atoms with E-state index >= 15 is 0 Å². The predicted molar refractivity (Wildman–Crippen MR) is 50.9 cm³/mol. The van der Waals surface area contributed by atoms with E-state index in [4.69, 9.17) is 5.21 Å². The Balaban J connectivity index is 2.62. The minimum Gasteiger partial charge on any atom is -0.468 e. The first kappa shape index (κ1) is 10.7. The normalized spacial score (nSPS) is 12.1. The summed E-state index contributed by atoms with van der Waals surface area (Å²) in [6.07, 6.45) is 0.407. The number of hydroxylamine groups is 1. The standard InChI is InChI=1S/C10H13NO3/c1-14-10(12)9(11-13)7-8-5-3-2-4-6-8/h2-6,9,11,13H,7H2,1H3/t9-/m0/s1. The Labute approximate surface area is 82.5 Å². The average molecular weight is 195 g/mol. The summed E-state index contributed by atoms with van der Waals surface area (Å²) in [6, 6.07) is 8.70. The van der Waals surface area contributed by atoms with Crippen LogP contribution in [0, 0.1) is 0 Å². The van der Waals surface area contributed by atoms with Gasteiger partial charge in [0.15, 0.2) is 0 Å². The number of methoxy groups -OCH3 is 1. The van der Waals surface area contributed by atoms with Gasteiger partial charge in [-0.3, -0.25) is 4.79 Å². The lowest BCUT2D eigenvalue weighted by molar-refractivity contribution is -0.145. The molecule has 0 spiro atoms. The maximum absolute atomic E-state index is 11.1. The number of hydrogen-bond acceptors (Lipinski definition) is 4. The van der Waals surface area contributed by atoms with Crippen LogP contribution in [0.1, 0.15) is 5.56 Å². The quantitative estimate of drug-likeness (QED) is 0.550. The lowest BCUT2D eigenvalue weighted by atomic mass is 10.1. The van der Waals surface area contributed by atoms with Gasteiger partial charge in [-0.25, -0.2) is 0 Å². The van der Waals surface area contributed by atoms with Crippen LogP contribution in [0.25, 0.3) is 0 Å². The molecule has 76 valence electrons. The molecule has 4 nitrogen and oxygen atoms in total. The summed E-state index contributed by atoms with van der Waals surface area (Å²) < 4.78 is 4.51. The van der Waals surface area contributed by atoms with Crippen LogP contribution in [0.2, 0.25) is 0 Å². The highest BCUT2D eigenvalue weighted by Crippen LogP contribution is 2.03. The van der Waals surface area contributed by atoms with Gasteiger partial charge in [0.25, 0.3) is 0 Å². The third kappa shape index (κ3) is 2.83. The molecule has 0 saturated heterocycles. The minimum absolute atomic E-state index is 0.407. The SMILES string of the molecule is COC(=O)[C@H](Cc1ccccc1)NO. The van der Waals surface area contributed by atoms with Crippen molar-refractivity contribution in [3.63, 3.8) is 0 Å². The molecule has 0 aliphatic rings. The van der Waals surface area contributed by atoms with Gasteiger partial charge in [0.2, 0.25) is 0 Å². The van der Waals surface area contributed by atoms with Crippen molar-refractivity contribution in [1.82, 2.24) is 5.48 Å². The van der Waals surface area contributed by atoms with Crippen LogP contribution in [0.5, 0.6) is 0 Å². The van der Waals surface area contributed by atoms with Crippen molar-refractivity contribution in [2.24, 2.45) is 0 Å². The molecule has 4 heteroatoms. The number of benzene rings is 1. The Morgan fingerprint density at radius 2 is 2.14 bits per heavy atom. The van der Waals surface area contributed by atoms with Crippen LogP contribution >= 0.6 is 0 Å². The molecule has 1 atom stereocenters. The molecule has 0 aromatic heterocycles. The van der Waals surface area contributed by atoms with E-state index in [0.29, 0.717) is 6.42 Å². The highest BCUT2D eigenvalue weighted by molar-refractivity contribution is 5.75. The Kier molecular flexibility index (Phi) is 4.10. The number of carbonyl (C=O) groups excluding carboxylic acids is 1. The molecule has 1 aromatic carbocycles. The summed E-state index contributed by atoms with van der Waals surface area (Å²) >= 11 is 0. The van der Waals surface area contributed by atoms with Gasteiger partial charge < -0.3 is 9.94 Å². The molecule has 0 saturated carbocycles. The van der Waals surface area contributed by atoms with E-state index < -0.39 is 12.0 Å². The Morgan fingerprint density at radius 1 is 1.50 bits per heavy atom. The van der Waals surface area contributed by atoms with Crippen molar-refractivity contribution in [2.45, 2.75) is 12.5 Å². The molecular formula is C10H13NO3. The third-order valence-electron chi connectivity index (χ3n) is 1.92. The molecule has 0 fully saturated rings. The fraction of sp³-hybridized carbons (Fsp3) is 0.300. The van der Waals surface area contributed by atoms with E-state index in [0.717, 1.165) is 5.56 Å². The van der Waals surface area contributed by atoms with Crippen LogP contribution in [-0.4, -0.2) is 24.3 Å². The number of hydrogen-bond donors (Lipinski definition) is 2. The Bertz CT molecular complexity index is 287. The second kappa shape index (κ2) is 5.36. The average Bonchev–Trinajstić information content (AvgIpc) is 2.26. The van der Waals surface area contributed by atoms with Crippen LogP contribution in [0.4, 0.5) is 0 Å². The van der Waals surface area contributed by atoms with Gasteiger partial charge in [-0.15, -0.1) is 0 Å². The van der Waals surface area contributed by atoms with E-state index in [9.17, 15) is 4.79 Å². The summed E-state index contributed by atoms with van der Waals surface area (Å²) in [5.74, 6) is -0.476. The summed E-state index contributed by atoms with van der Waals surface area (Å²) in [5, 5.41) is 8.74. The van der Waals surface area contributed by atoms with Crippen molar-refractivity contribution in [1.29, 1.82) is 0 Å². The van der Waals surface area contributed by atoms with Crippen LogP contribution < -0.4 is 5.48 Å². The maximum atomic E-state index is 11.1. The Hall–Kier alpha value is -1.39. The van der Waals surface area contributed by atoms with Gasteiger partial charge in [-0.1, -0.05) is 30.3 Å². The molecule has 1 aromatic rings. The first-order valence-electron chi connectivity index (χ1n) is 4.29. The second-order valence-corrected chi connectivity index (χ2v) is 2.89. The van der Waals surface area contributed by atoms with Crippen molar-refractivity contribution < 1.29 is 14.7 Å². The van der Waals surface area contributed by atoms with E-state index in [-0.39, 0.29) is 0 Å². The number of esters is 1. The summed E-state index contributed by atoms with van der Waals surface area (Å²) in [7, 11) is 1.29. The van der Waals surface area contributed by atoms with E-state index in [1.165, 1.54) is 7.11 Å². The van der Waals surface area contributed by atoms with Crippen LogP contribution in [0.15, 0.2) is 30.3 Å². The highest BCUT2D eigenvalue weighted by Gasteiger charge is 2.17. The molecule has 0 amide bonds. The van der Waals surface area contributed by atoms with E-state index in [1.807, 2.05) is 35.8 Å². The first-order valence-corrected chi connectivity index (χ1v) is 4.29. The molecule has 0 radical (unpaired) electrons. The summed E-state index contributed by atoms with van der Waals surface area (Å²) in [5.41, 5.74) is 2.89. The number of carbonyl (C=O) groups is 1. The zero-order valence-corrected chi connectivity index (χ0v) is 7.93. The smallest absolute Gasteiger partial charge is 0.325 e. The number of ether oxygens (including phenoxy) is 1. The number of rotatable bonds is 4. The lowest BCUT2D eigenvalue weighted by Gasteiger charge is -2.11. The van der Waals surface area contributed by atoms with E-state index in [1.54, 1.807) is 0 Å². The monoisotopic (exact) mass is 195 g/mol. The topological polar surface area (TPSA) is 58.6 Å². The van der Waals surface area contributed by atoms with Gasteiger partial charge >= 0.3 is 5.97 Å². The predicted octanol–water partition coefficient (Wildman–Crippen LogP) is 0.749. The van der Waals surface area contributed by atoms with Crippen molar-refractivity contribution in [3.8, 4) is 0 Å². The lowest BCUT2D eigenvalue weighted by Crippen LogP contribution is -2.37. The van der Waals surface area contributed by atoms with Crippen molar-refractivity contribution >= 4 is 5.97 Å². The van der Waals surface area contributed by atoms with Gasteiger partial charge in [0.1, 0.15) is 6.04 Å². The van der Waals surface area contributed by atoms with Crippen LogP contribution in [0.3, 0.4) is 0 Å². The van der Waals surface area contributed by atoms with Crippen molar-refractivity contribution in [2.75, 3.05) is 7.11 Å². The molecular weight excluding hydrogens is 182 g/mol. The zero-order chi connectivity index (χ0) is 10.4. The van der Waals surface area contributed by atoms with Crippen molar-refractivity contribution in [3.05, 3.63) is 35.9 Å². The zero-order valence-electron chi connectivity index (χ0n) is 7.93. The molecule has 0 aliphatic carbocycles. The molecule has 14 heavy (non-hydrogen) atoms.